The van der Waals surface area contributed by atoms with Gasteiger partial charge in [0.1, 0.15) is 0 Å². The van der Waals surface area contributed by atoms with E-state index in [1.807, 2.05) is 98.1 Å². The van der Waals surface area contributed by atoms with E-state index in [-0.39, 0.29) is 0 Å². The molecule has 0 saturated heterocycles. The third kappa shape index (κ3) is 16.7. The Labute approximate surface area is 819 Å². The molecule has 142 heavy (non-hydrogen) atoms. The van der Waals surface area contributed by atoms with E-state index in [0.717, 1.165) is 162 Å². The van der Waals surface area contributed by atoms with Gasteiger partial charge >= 0.3 is 0 Å². The van der Waals surface area contributed by atoms with Crippen molar-refractivity contribution in [1.82, 2.24) is 59.8 Å². The number of aromatic nitrogens is 12. The maximum Gasteiger partial charge on any atom is 0.160 e. The van der Waals surface area contributed by atoms with E-state index in [0.29, 0.717) is 17.5 Å². The molecule has 0 aliphatic heterocycles. The van der Waals surface area contributed by atoms with Gasteiger partial charge in [-0.1, -0.05) is 334 Å². The Morgan fingerprint density at radius 1 is 0.120 bits per heavy atom. The molecular weight excluding hydrogens is 1730 g/mol. The molecule has 0 bridgehead atoms. The fourth-order valence-electron chi connectivity index (χ4n) is 19.8. The first-order valence-corrected chi connectivity index (χ1v) is 47.4. The molecule has 27 rings (SSSR count). The predicted octanol–water partition coefficient (Wildman–Crippen LogP) is 32.5. The van der Waals surface area contributed by atoms with Crippen molar-refractivity contribution in [3.05, 3.63) is 499 Å². The van der Waals surface area contributed by atoms with Crippen molar-refractivity contribution in [2.75, 3.05) is 0 Å². The normalized spacial score (nSPS) is 11.4. The first-order chi connectivity index (χ1) is 70.3. The second kappa shape index (κ2) is 37.1. The topological polar surface area (TPSA) is 155 Å². The molecule has 1 aliphatic rings. The third-order valence-corrected chi connectivity index (χ3v) is 27.0. The molecule has 9 heterocycles. The quantitative estimate of drug-likeness (QED) is 0.0846. The Morgan fingerprint density at radius 3 is 0.901 bits per heavy atom. The Bertz CT molecular complexity index is 8890. The number of hydrogen-bond donors (Lipinski definition) is 0. The van der Waals surface area contributed by atoms with Crippen molar-refractivity contribution in [3.63, 3.8) is 0 Å². The lowest BCUT2D eigenvalue weighted by Crippen LogP contribution is -1.96. The maximum atomic E-state index is 5.17. The Morgan fingerprint density at radius 2 is 0.423 bits per heavy atom. The molecule has 0 atom stereocenters. The van der Waals surface area contributed by atoms with Crippen LogP contribution in [0.15, 0.2) is 499 Å². The van der Waals surface area contributed by atoms with Gasteiger partial charge in [-0.05, 0) is 250 Å². The molecule has 12 nitrogen and oxygen atoms in total. The maximum absolute atomic E-state index is 5.17. The van der Waals surface area contributed by atoms with Gasteiger partial charge in [0, 0.05) is 130 Å². The predicted molar refractivity (Wildman–Crippen MR) is 580 cm³/mol. The van der Waals surface area contributed by atoms with Crippen LogP contribution in [0.3, 0.4) is 0 Å². The first-order valence-electron chi connectivity index (χ1n) is 47.4. The lowest BCUT2D eigenvalue weighted by Gasteiger charge is -2.14. The molecule has 1 aliphatic carbocycles. The third-order valence-electron chi connectivity index (χ3n) is 27.0. The average Bonchev–Trinajstić information content (AvgIpc) is 1.38. The van der Waals surface area contributed by atoms with Crippen molar-refractivity contribution in [1.29, 1.82) is 0 Å². The van der Waals surface area contributed by atoms with Crippen LogP contribution < -0.4 is 0 Å². The zero-order chi connectivity index (χ0) is 94.2. The fourth-order valence-corrected chi connectivity index (χ4v) is 19.8. The minimum Gasteiger partial charge on any atom is -0.265 e. The smallest absolute Gasteiger partial charge is 0.160 e. The van der Waals surface area contributed by atoms with Crippen molar-refractivity contribution < 1.29 is 0 Å². The van der Waals surface area contributed by atoms with Crippen LogP contribution in [0, 0.1) is 0 Å². The molecule has 0 amide bonds. The molecule has 0 unspecified atom stereocenters. The number of rotatable bonds is 16. The summed E-state index contributed by atoms with van der Waals surface area (Å²) >= 11 is 0. The number of hydrogen-bond acceptors (Lipinski definition) is 12. The fraction of sp³-hybridized carbons (Fsp3) is 0. The van der Waals surface area contributed by atoms with Gasteiger partial charge in [0.2, 0.25) is 0 Å². The molecule has 12 heteroatoms. The largest absolute Gasteiger partial charge is 0.265 e. The molecule has 0 spiro atoms. The average molecular weight is 1810 g/mol. The lowest BCUT2D eigenvalue weighted by atomic mass is 9.92. The highest BCUT2D eigenvalue weighted by Crippen LogP contribution is 2.50. The van der Waals surface area contributed by atoms with Crippen LogP contribution in [0.2, 0.25) is 0 Å². The molecule has 0 saturated carbocycles. The van der Waals surface area contributed by atoms with Gasteiger partial charge < -0.3 is 0 Å². The highest BCUT2D eigenvalue weighted by molar-refractivity contribution is 6.24. The molecular formula is C130H82N12. The molecule has 0 radical (unpaired) electrons. The van der Waals surface area contributed by atoms with Gasteiger partial charge in [-0.3, -0.25) is 29.9 Å². The van der Waals surface area contributed by atoms with E-state index in [1.54, 1.807) is 24.8 Å². The van der Waals surface area contributed by atoms with E-state index in [9.17, 15) is 0 Å². The summed E-state index contributed by atoms with van der Waals surface area (Å²) < 4.78 is 0. The number of nitrogens with zero attached hydrogens (tertiary/aromatic N) is 12. The van der Waals surface area contributed by atoms with Gasteiger partial charge in [-0.2, -0.15) is 0 Å². The molecule has 26 aromatic rings. The summed E-state index contributed by atoms with van der Waals surface area (Å²) in [5.74, 6) is 2.08. The summed E-state index contributed by atoms with van der Waals surface area (Å²) in [5, 5.41) is 14.9. The Kier molecular flexibility index (Phi) is 22.0. The highest BCUT2D eigenvalue weighted by atomic mass is 14.9. The standard InChI is InChI=1S/C48H30N4.C42H26N4.C40H26N4/c1-2-7-41-40(6-1)43-9-3-8-42-39(22-23-44(41)47(42)43)34-14-20-37(21-15-34)48-51-45(35-16-10-31(11-17-35)33-24-27-49-28-25-33)29-46(52-48)36-18-12-32(13-19-36)38-5-4-26-50-30-38;1-3-32-14-16-34-23-37(24-35-17-15-33(4-1)40(32)41(34)35)42-45-38(30-10-6-27(7-11-30)29-18-21-43-22-19-29)25-39(46-42)31-12-8-28(9-13-31)36-5-2-20-44-26-36;1-2-11-36-28(6-1)14-17-31-23-33(18-19-37(31)36)40-43-38(29-15-12-27(13-16-29)34-9-4-20-41-25-34)24-39(44-40)32-8-3-7-30(22-32)35-10-5-21-42-26-35/h1-30H;1-26H;1-26H. The molecule has 0 N–H and O–H groups in total. The van der Waals surface area contributed by atoms with E-state index in [4.69, 9.17) is 29.9 Å². The Hall–Kier alpha value is -19.3. The summed E-state index contributed by atoms with van der Waals surface area (Å²) in [4.78, 5) is 56.4. The number of fused-ring (bicyclic) bond motifs is 6. The molecule has 662 valence electrons. The second-order valence-electron chi connectivity index (χ2n) is 35.5. The van der Waals surface area contributed by atoms with Crippen LogP contribution in [-0.2, 0) is 0 Å². The summed E-state index contributed by atoms with van der Waals surface area (Å²) in [7, 11) is 0. The van der Waals surface area contributed by atoms with Gasteiger partial charge in [0.25, 0.3) is 0 Å². The van der Waals surface area contributed by atoms with E-state index >= 15 is 0 Å². The Balaban J connectivity index is 0.000000112. The minimum atomic E-state index is 0.685. The SMILES string of the molecule is c1cncc(-c2ccc(-c3cc(-c4ccc(-c5ccncc5)cc4)nc(-c4cc5ccc6cccc7ccc(c4)c5c67)n3)cc2)c1.c1cncc(-c2ccc(-c3cc(-c4ccc(-c5ccncc5)cc4)nc(-c4ccc(-c5ccc6c7c(cccc57)-c5ccccc5-6)cc4)n3)cc2)c1.c1cncc(-c2ccc(-c3cc(-c4cccc(-c5cccnc5)c4)nc(-c4ccc5c(ccc6ccccc65)c4)n3)cc2)c1. The van der Waals surface area contributed by atoms with E-state index in [1.165, 1.54) is 87.1 Å². The van der Waals surface area contributed by atoms with E-state index in [2.05, 4.69) is 406 Å². The monoisotopic (exact) mass is 1810 g/mol. The van der Waals surface area contributed by atoms with Crippen LogP contribution in [0.1, 0.15) is 0 Å². The first kappa shape index (κ1) is 84.4. The van der Waals surface area contributed by atoms with Crippen molar-refractivity contribution in [3.8, 4) is 202 Å². The summed E-state index contributed by atoms with van der Waals surface area (Å²) in [6.07, 6.45) is 22.0. The lowest BCUT2D eigenvalue weighted by molar-refractivity contribution is 1.18. The van der Waals surface area contributed by atoms with Crippen LogP contribution >= 0.6 is 0 Å². The van der Waals surface area contributed by atoms with Gasteiger partial charge in [-0.15, -0.1) is 0 Å². The van der Waals surface area contributed by atoms with Crippen LogP contribution in [0.5, 0.6) is 0 Å². The van der Waals surface area contributed by atoms with Gasteiger partial charge in [-0.25, -0.2) is 29.9 Å². The van der Waals surface area contributed by atoms with Crippen LogP contribution in [0.4, 0.5) is 0 Å². The highest BCUT2D eigenvalue weighted by Gasteiger charge is 2.25. The van der Waals surface area contributed by atoms with Crippen molar-refractivity contribution in [2.24, 2.45) is 0 Å². The van der Waals surface area contributed by atoms with Gasteiger partial charge in [0.15, 0.2) is 17.5 Å². The molecule has 9 aromatic heterocycles. The zero-order valence-electron chi connectivity index (χ0n) is 76.7. The number of benzene rings is 17. The molecule has 17 aromatic carbocycles. The van der Waals surface area contributed by atoms with Gasteiger partial charge in [0.05, 0.1) is 34.2 Å². The van der Waals surface area contributed by atoms with Crippen molar-refractivity contribution in [2.45, 2.75) is 0 Å². The summed E-state index contributed by atoms with van der Waals surface area (Å²) in [5.41, 5.74) is 35.2. The summed E-state index contributed by atoms with van der Waals surface area (Å²) in [6.45, 7) is 0. The van der Waals surface area contributed by atoms with E-state index < -0.39 is 0 Å². The minimum absolute atomic E-state index is 0.685. The van der Waals surface area contributed by atoms with Crippen molar-refractivity contribution >= 4 is 64.6 Å². The van der Waals surface area contributed by atoms with Crippen LogP contribution in [-0.4, -0.2) is 59.8 Å². The molecule has 0 fully saturated rings. The zero-order valence-corrected chi connectivity index (χ0v) is 76.7. The number of pyridine rings is 6. The second-order valence-corrected chi connectivity index (χ2v) is 35.5. The summed E-state index contributed by atoms with van der Waals surface area (Å²) in [6, 6.07) is 149. The van der Waals surface area contributed by atoms with Crippen LogP contribution in [0.25, 0.3) is 266 Å².